The molecule has 0 aliphatic heterocycles. The van der Waals surface area contributed by atoms with E-state index >= 15 is 0 Å². The van der Waals surface area contributed by atoms with E-state index in [1.54, 1.807) is 13.0 Å². The summed E-state index contributed by atoms with van der Waals surface area (Å²) in [4.78, 5) is 0. The maximum absolute atomic E-state index is 11.3. The average Bonchev–Trinajstić information content (AvgIpc) is 2.03. The van der Waals surface area contributed by atoms with Crippen LogP contribution in [0.2, 0.25) is 0 Å². The number of hydrogen-bond acceptors (Lipinski definition) is 4. The molecule has 0 heterocycles. The van der Waals surface area contributed by atoms with Gasteiger partial charge in [-0.1, -0.05) is 0 Å². The summed E-state index contributed by atoms with van der Waals surface area (Å²) < 4.78 is 28.6. The Bertz CT molecular complexity index is 281. The van der Waals surface area contributed by atoms with Gasteiger partial charge in [-0.3, -0.25) is 0 Å². The lowest BCUT2D eigenvalue weighted by Gasteiger charge is -2.22. The number of sulfonamides is 1. The molecule has 0 aromatic carbocycles. The third-order valence-corrected chi connectivity index (χ3v) is 3.45. The van der Waals surface area contributed by atoms with Crippen LogP contribution in [0.1, 0.15) is 6.92 Å². The fourth-order valence-electron chi connectivity index (χ4n) is 0.804. The zero-order chi connectivity index (χ0) is 10.5. The normalized spacial score (nSPS) is 14.1. The van der Waals surface area contributed by atoms with Gasteiger partial charge >= 0.3 is 0 Å². The van der Waals surface area contributed by atoms with Gasteiger partial charge in [-0.25, -0.2) is 8.42 Å². The Hall–Kier alpha value is -0.640. The summed E-state index contributed by atoms with van der Waals surface area (Å²) in [6, 6.07) is 1.37. The molecule has 13 heavy (non-hydrogen) atoms. The molecule has 0 spiro atoms. The number of rotatable bonds is 5. The van der Waals surface area contributed by atoms with Gasteiger partial charge in [-0.2, -0.15) is 9.57 Å². The highest BCUT2D eigenvalue weighted by atomic mass is 32.2. The first-order chi connectivity index (χ1) is 5.95. The van der Waals surface area contributed by atoms with Crippen molar-refractivity contribution in [2.24, 2.45) is 0 Å². The Morgan fingerprint density at radius 2 is 2.15 bits per heavy atom. The first-order valence-corrected chi connectivity index (χ1v) is 5.38. The third kappa shape index (κ3) is 3.72. The summed E-state index contributed by atoms with van der Waals surface area (Å²) in [6.45, 7) is 2.04. The van der Waals surface area contributed by atoms with Gasteiger partial charge in [0, 0.05) is 20.2 Å². The molecule has 0 aliphatic rings. The van der Waals surface area contributed by atoms with E-state index in [2.05, 4.69) is 0 Å². The van der Waals surface area contributed by atoms with Gasteiger partial charge in [-0.05, 0) is 6.92 Å². The molecule has 0 aromatic heterocycles. The van der Waals surface area contributed by atoms with Crippen LogP contribution in [-0.2, 0) is 14.8 Å². The Morgan fingerprint density at radius 3 is 2.54 bits per heavy atom. The lowest BCUT2D eigenvalue weighted by molar-refractivity contribution is 0.149. The molecule has 5 nitrogen and oxygen atoms in total. The van der Waals surface area contributed by atoms with Crippen molar-refractivity contribution in [1.82, 2.24) is 4.31 Å². The van der Waals surface area contributed by atoms with Crippen molar-refractivity contribution in [1.29, 1.82) is 5.26 Å². The summed E-state index contributed by atoms with van der Waals surface area (Å²) in [5, 5.41) is 8.28. The third-order valence-electron chi connectivity index (χ3n) is 1.71. The molecular formula is C7H14N2O3S. The topological polar surface area (TPSA) is 70.4 Å². The van der Waals surface area contributed by atoms with E-state index in [1.165, 1.54) is 14.2 Å². The smallest absolute Gasteiger partial charge is 0.227 e. The number of methoxy groups -OCH3 is 1. The van der Waals surface area contributed by atoms with Crippen molar-refractivity contribution in [3.8, 4) is 6.07 Å². The first-order valence-electron chi connectivity index (χ1n) is 3.77. The Kier molecular flexibility index (Phi) is 4.91. The van der Waals surface area contributed by atoms with Crippen molar-refractivity contribution in [3.63, 3.8) is 0 Å². The van der Waals surface area contributed by atoms with E-state index < -0.39 is 15.8 Å². The minimum atomic E-state index is -3.44. The largest absolute Gasteiger partial charge is 0.383 e. The van der Waals surface area contributed by atoms with Crippen molar-refractivity contribution in [2.45, 2.75) is 13.0 Å². The molecule has 0 aliphatic carbocycles. The molecular weight excluding hydrogens is 192 g/mol. The summed E-state index contributed by atoms with van der Waals surface area (Å²) in [6.07, 6.45) is 0. The second-order valence-electron chi connectivity index (χ2n) is 2.73. The van der Waals surface area contributed by atoms with Crippen molar-refractivity contribution >= 4 is 10.0 Å². The molecule has 0 bridgehead atoms. The van der Waals surface area contributed by atoms with Crippen molar-refractivity contribution in [2.75, 3.05) is 26.5 Å². The van der Waals surface area contributed by atoms with Crippen LogP contribution in [0.3, 0.4) is 0 Å². The molecule has 0 radical (unpaired) electrons. The van der Waals surface area contributed by atoms with Crippen molar-refractivity contribution < 1.29 is 13.2 Å². The number of hydrogen-bond donors (Lipinski definition) is 0. The van der Waals surface area contributed by atoms with Crippen molar-refractivity contribution in [3.05, 3.63) is 0 Å². The molecule has 6 heteroatoms. The highest BCUT2D eigenvalue weighted by Crippen LogP contribution is 2.04. The van der Waals surface area contributed by atoms with Crippen LogP contribution in [0.15, 0.2) is 0 Å². The Morgan fingerprint density at radius 1 is 1.62 bits per heavy atom. The number of nitriles is 1. The van der Waals surface area contributed by atoms with Gasteiger partial charge in [0.15, 0.2) is 5.75 Å². The average molecular weight is 206 g/mol. The number of nitrogens with zero attached hydrogens (tertiary/aromatic N) is 2. The lowest BCUT2D eigenvalue weighted by atomic mass is 10.4. The molecule has 0 aromatic rings. The summed E-state index contributed by atoms with van der Waals surface area (Å²) in [5.41, 5.74) is 0. The first kappa shape index (κ1) is 12.4. The predicted molar refractivity (Wildman–Crippen MR) is 48.5 cm³/mol. The highest BCUT2D eigenvalue weighted by molar-refractivity contribution is 7.89. The molecule has 76 valence electrons. The molecule has 1 unspecified atom stereocenters. The lowest BCUT2D eigenvalue weighted by Crippen LogP contribution is -2.38. The van der Waals surface area contributed by atoms with E-state index in [0.29, 0.717) is 6.61 Å². The zero-order valence-electron chi connectivity index (χ0n) is 8.02. The summed E-state index contributed by atoms with van der Waals surface area (Å²) in [7, 11) is -0.497. The quantitative estimate of drug-likeness (QED) is 0.625. The van der Waals surface area contributed by atoms with Gasteiger partial charge in [0.05, 0.1) is 12.7 Å². The maximum atomic E-state index is 11.3. The van der Waals surface area contributed by atoms with Crippen LogP contribution in [0.25, 0.3) is 0 Å². The van der Waals surface area contributed by atoms with Crippen LogP contribution in [0.4, 0.5) is 0 Å². The second kappa shape index (κ2) is 5.17. The van der Waals surface area contributed by atoms with E-state index in [-0.39, 0.29) is 6.04 Å². The predicted octanol–water partition coefficient (Wildman–Crippen LogP) is -0.194. The van der Waals surface area contributed by atoms with Crippen LogP contribution < -0.4 is 0 Å². The van der Waals surface area contributed by atoms with Crippen LogP contribution in [-0.4, -0.2) is 45.3 Å². The molecule has 0 saturated heterocycles. The monoisotopic (exact) mass is 206 g/mol. The fraction of sp³-hybridized carbons (Fsp3) is 0.857. The van der Waals surface area contributed by atoms with E-state index in [4.69, 9.17) is 10.00 Å². The van der Waals surface area contributed by atoms with Gasteiger partial charge in [-0.15, -0.1) is 0 Å². The van der Waals surface area contributed by atoms with E-state index in [9.17, 15) is 8.42 Å². The van der Waals surface area contributed by atoms with Crippen LogP contribution in [0, 0.1) is 11.3 Å². The van der Waals surface area contributed by atoms with Gasteiger partial charge < -0.3 is 4.74 Å². The van der Waals surface area contributed by atoms with Gasteiger partial charge in [0.2, 0.25) is 10.0 Å². The Balaban J connectivity index is 4.42. The summed E-state index contributed by atoms with van der Waals surface area (Å²) >= 11 is 0. The molecule has 0 saturated carbocycles. The number of likely N-dealkylation sites (N-methyl/N-ethyl adjacent to an activating group) is 1. The second-order valence-corrected chi connectivity index (χ2v) is 4.76. The maximum Gasteiger partial charge on any atom is 0.227 e. The zero-order valence-corrected chi connectivity index (χ0v) is 8.84. The molecule has 0 amide bonds. The van der Waals surface area contributed by atoms with Gasteiger partial charge in [0.1, 0.15) is 0 Å². The van der Waals surface area contributed by atoms with E-state index in [0.717, 1.165) is 4.31 Å². The summed E-state index contributed by atoms with van der Waals surface area (Å²) in [5.74, 6) is -0.489. The van der Waals surface area contributed by atoms with Crippen LogP contribution >= 0.6 is 0 Å². The van der Waals surface area contributed by atoms with Gasteiger partial charge in [0.25, 0.3) is 0 Å². The molecule has 1 atom stereocenters. The minimum absolute atomic E-state index is 0.247. The Labute approximate surface area is 79.0 Å². The molecule has 0 fully saturated rings. The number of ether oxygens (including phenoxy) is 1. The molecule has 0 N–H and O–H groups in total. The minimum Gasteiger partial charge on any atom is -0.383 e. The fourth-order valence-corrected chi connectivity index (χ4v) is 1.78. The standard InChI is InChI=1S/C7H14N2O3S/c1-7(6-12-3)9(2)13(10,11)5-4-8/h7H,5-6H2,1-3H3. The molecule has 0 rings (SSSR count). The van der Waals surface area contributed by atoms with Crippen LogP contribution in [0.5, 0.6) is 0 Å². The highest BCUT2D eigenvalue weighted by Gasteiger charge is 2.22. The SMILES string of the molecule is COCC(C)N(C)S(=O)(=O)CC#N. The van der Waals surface area contributed by atoms with E-state index in [1.807, 2.05) is 0 Å².